The number of carboxylic acids is 1. The number of thiophene rings is 1. The maximum Gasteiger partial charge on any atom is 0.312 e. The molecule has 0 aliphatic carbocycles. The van der Waals surface area contributed by atoms with Crippen LogP contribution >= 0.6 is 11.3 Å². The molecule has 88 valence electrons. The van der Waals surface area contributed by atoms with Gasteiger partial charge in [-0.25, -0.2) is 0 Å². The Morgan fingerprint density at radius 2 is 1.88 bits per heavy atom. The van der Waals surface area contributed by atoms with Crippen molar-refractivity contribution < 1.29 is 9.90 Å². The topological polar surface area (TPSA) is 37.3 Å². The van der Waals surface area contributed by atoms with Crippen LogP contribution in [-0.4, -0.2) is 11.1 Å². The predicted octanol–water partition coefficient (Wildman–Crippen LogP) is 3.72. The van der Waals surface area contributed by atoms with Crippen molar-refractivity contribution in [2.45, 2.75) is 18.8 Å². The van der Waals surface area contributed by atoms with Crippen LogP contribution < -0.4 is 0 Å². The van der Waals surface area contributed by atoms with Gasteiger partial charge in [0.05, 0.1) is 5.92 Å². The van der Waals surface area contributed by atoms with E-state index in [9.17, 15) is 9.90 Å². The second-order valence-corrected chi connectivity index (χ2v) is 5.01. The first-order chi connectivity index (χ1) is 8.20. The molecule has 2 aromatic rings. The van der Waals surface area contributed by atoms with Crippen LogP contribution in [0.25, 0.3) is 0 Å². The van der Waals surface area contributed by atoms with E-state index in [-0.39, 0.29) is 5.92 Å². The van der Waals surface area contributed by atoms with Crippen molar-refractivity contribution >= 4 is 17.3 Å². The molecule has 0 amide bonds. The van der Waals surface area contributed by atoms with Gasteiger partial charge in [-0.1, -0.05) is 43.3 Å². The highest BCUT2D eigenvalue weighted by Crippen LogP contribution is 2.35. The minimum Gasteiger partial charge on any atom is -0.481 e. The van der Waals surface area contributed by atoms with Crippen LogP contribution in [0, 0.1) is 0 Å². The minimum atomic E-state index is -0.760. The summed E-state index contributed by atoms with van der Waals surface area (Å²) in [5.74, 6) is -1.24. The van der Waals surface area contributed by atoms with E-state index in [1.165, 1.54) is 11.3 Å². The molecule has 1 N–H and O–H groups in total. The molecular formula is C14H14O2S. The van der Waals surface area contributed by atoms with Gasteiger partial charge >= 0.3 is 5.97 Å². The zero-order chi connectivity index (χ0) is 12.3. The normalized spacial score (nSPS) is 14.2. The summed E-state index contributed by atoms with van der Waals surface area (Å²) in [4.78, 5) is 12.3. The Bertz CT molecular complexity index is 476. The first kappa shape index (κ1) is 11.9. The van der Waals surface area contributed by atoms with Crippen molar-refractivity contribution in [2.24, 2.45) is 0 Å². The van der Waals surface area contributed by atoms with Crippen LogP contribution in [0.2, 0.25) is 0 Å². The SMILES string of the molecule is CC(c1ccccc1)C(C(=O)O)c1cccs1. The number of benzene rings is 1. The van der Waals surface area contributed by atoms with Crippen molar-refractivity contribution in [1.82, 2.24) is 0 Å². The lowest BCUT2D eigenvalue weighted by Gasteiger charge is -2.19. The number of carboxylic acid groups (broad SMARTS) is 1. The van der Waals surface area contributed by atoms with Gasteiger partial charge < -0.3 is 5.11 Å². The van der Waals surface area contributed by atoms with Crippen molar-refractivity contribution in [1.29, 1.82) is 0 Å². The Balaban J connectivity index is 2.32. The van der Waals surface area contributed by atoms with Crippen molar-refractivity contribution in [2.75, 3.05) is 0 Å². The molecule has 0 saturated heterocycles. The fraction of sp³-hybridized carbons (Fsp3) is 0.214. The molecule has 17 heavy (non-hydrogen) atoms. The van der Waals surface area contributed by atoms with Gasteiger partial charge in [0.15, 0.2) is 0 Å². The number of carbonyl (C=O) groups is 1. The van der Waals surface area contributed by atoms with Gasteiger partial charge in [-0.2, -0.15) is 0 Å². The molecule has 0 aliphatic rings. The zero-order valence-electron chi connectivity index (χ0n) is 9.54. The fourth-order valence-electron chi connectivity index (χ4n) is 2.00. The lowest BCUT2D eigenvalue weighted by atomic mass is 9.86. The monoisotopic (exact) mass is 246 g/mol. The first-order valence-electron chi connectivity index (χ1n) is 5.51. The van der Waals surface area contributed by atoms with Crippen LogP contribution in [-0.2, 0) is 4.79 Å². The molecule has 2 unspecified atom stereocenters. The van der Waals surface area contributed by atoms with Crippen LogP contribution in [0.15, 0.2) is 47.8 Å². The summed E-state index contributed by atoms with van der Waals surface area (Å²) < 4.78 is 0. The van der Waals surface area contributed by atoms with Crippen molar-refractivity contribution in [3.8, 4) is 0 Å². The molecule has 2 nitrogen and oxygen atoms in total. The molecule has 1 heterocycles. The molecule has 0 spiro atoms. The summed E-state index contributed by atoms with van der Waals surface area (Å²) in [6.07, 6.45) is 0. The molecule has 1 aromatic carbocycles. The van der Waals surface area contributed by atoms with Crippen LogP contribution in [0.5, 0.6) is 0 Å². The molecule has 2 atom stereocenters. The summed E-state index contributed by atoms with van der Waals surface area (Å²) in [6.45, 7) is 1.97. The third-order valence-corrected chi connectivity index (χ3v) is 3.90. The molecule has 3 heteroatoms. The maximum absolute atomic E-state index is 11.4. The average Bonchev–Trinajstić information content (AvgIpc) is 2.83. The molecule has 0 radical (unpaired) electrons. The highest BCUT2D eigenvalue weighted by atomic mass is 32.1. The van der Waals surface area contributed by atoms with Gasteiger partial charge in [0, 0.05) is 4.88 Å². The molecule has 0 saturated carbocycles. The summed E-state index contributed by atoms with van der Waals surface area (Å²) in [5.41, 5.74) is 1.06. The van der Waals surface area contributed by atoms with Crippen molar-refractivity contribution in [3.63, 3.8) is 0 Å². The first-order valence-corrected chi connectivity index (χ1v) is 6.39. The van der Waals surface area contributed by atoms with Gasteiger partial charge in [-0.05, 0) is 22.9 Å². The Morgan fingerprint density at radius 1 is 1.18 bits per heavy atom. The van der Waals surface area contributed by atoms with Crippen LogP contribution in [0.1, 0.15) is 29.2 Å². The summed E-state index contributed by atoms with van der Waals surface area (Å²) in [6, 6.07) is 13.6. The summed E-state index contributed by atoms with van der Waals surface area (Å²) >= 11 is 1.50. The molecular weight excluding hydrogens is 232 g/mol. The minimum absolute atomic E-state index is 0.0210. The average molecular weight is 246 g/mol. The van der Waals surface area contributed by atoms with Gasteiger partial charge in [0.25, 0.3) is 0 Å². The molecule has 1 aromatic heterocycles. The molecule has 0 bridgehead atoms. The third-order valence-electron chi connectivity index (χ3n) is 2.94. The Morgan fingerprint density at radius 3 is 2.41 bits per heavy atom. The second kappa shape index (κ2) is 5.15. The van der Waals surface area contributed by atoms with E-state index < -0.39 is 11.9 Å². The Labute approximate surface area is 105 Å². The quantitative estimate of drug-likeness (QED) is 0.892. The fourth-order valence-corrected chi connectivity index (χ4v) is 2.92. The smallest absolute Gasteiger partial charge is 0.312 e. The lowest BCUT2D eigenvalue weighted by molar-refractivity contribution is -0.139. The van der Waals surface area contributed by atoms with Crippen LogP contribution in [0.4, 0.5) is 0 Å². The van der Waals surface area contributed by atoms with E-state index in [2.05, 4.69) is 0 Å². The highest BCUT2D eigenvalue weighted by Gasteiger charge is 2.28. The van der Waals surface area contributed by atoms with Crippen molar-refractivity contribution in [3.05, 3.63) is 58.3 Å². The molecule has 0 aliphatic heterocycles. The lowest BCUT2D eigenvalue weighted by Crippen LogP contribution is -2.17. The van der Waals surface area contributed by atoms with E-state index in [0.29, 0.717) is 0 Å². The standard InChI is InChI=1S/C14H14O2S/c1-10(11-6-3-2-4-7-11)13(14(15)16)12-8-5-9-17-12/h2-10,13H,1H3,(H,15,16). The van der Waals surface area contributed by atoms with E-state index in [0.717, 1.165) is 10.4 Å². The molecule has 2 rings (SSSR count). The van der Waals surface area contributed by atoms with E-state index in [4.69, 9.17) is 0 Å². The maximum atomic E-state index is 11.4. The van der Waals surface area contributed by atoms with Gasteiger partial charge in [-0.3, -0.25) is 4.79 Å². The van der Waals surface area contributed by atoms with E-state index in [1.807, 2.05) is 54.8 Å². The third kappa shape index (κ3) is 2.56. The van der Waals surface area contributed by atoms with Gasteiger partial charge in [0.1, 0.15) is 0 Å². The summed E-state index contributed by atoms with van der Waals surface area (Å²) in [7, 11) is 0. The Hall–Kier alpha value is -1.61. The van der Waals surface area contributed by atoms with Crippen LogP contribution in [0.3, 0.4) is 0 Å². The van der Waals surface area contributed by atoms with E-state index >= 15 is 0 Å². The highest BCUT2D eigenvalue weighted by molar-refractivity contribution is 7.10. The summed E-state index contributed by atoms with van der Waals surface area (Å²) in [5, 5.41) is 11.3. The zero-order valence-corrected chi connectivity index (χ0v) is 10.4. The number of rotatable bonds is 4. The number of hydrogen-bond donors (Lipinski definition) is 1. The number of aliphatic carboxylic acids is 1. The largest absolute Gasteiger partial charge is 0.481 e. The Kier molecular flexibility index (Phi) is 3.59. The number of hydrogen-bond acceptors (Lipinski definition) is 2. The predicted molar refractivity (Wildman–Crippen MR) is 69.6 cm³/mol. The molecule has 0 fully saturated rings. The van der Waals surface area contributed by atoms with Gasteiger partial charge in [-0.15, -0.1) is 11.3 Å². The van der Waals surface area contributed by atoms with E-state index in [1.54, 1.807) is 0 Å². The van der Waals surface area contributed by atoms with Gasteiger partial charge in [0.2, 0.25) is 0 Å². The second-order valence-electron chi connectivity index (χ2n) is 4.03.